The summed E-state index contributed by atoms with van der Waals surface area (Å²) >= 11 is 0. The number of benzene rings is 3. The molecule has 3 aromatic carbocycles. The molecule has 7 nitrogen and oxygen atoms in total. The summed E-state index contributed by atoms with van der Waals surface area (Å²) in [6.45, 7) is -0.485. The number of carbonyl (C=O) groups excluding carboxylic acids is 3. The number of aliphatic hydroxyl groups is 1. The van der Waals surface area contributed by atoms with Crippen LogP contribution in [0.15, 0.2) is 91.0 Å². The summed E-state index contributed by atoms with van der Waals surface area (Å²) in [5, 5.41) is 15.9. The zero-order chi connectivity index (χ0) is 22.1. The monoisotopic (exact) mass is 418 g/mol. The fraction of sp³-hybridized carbons (Fsp3) is 0.125. The molecule has 0 saturated carbocycles. The van der Waals surface area contributed by atoms with Crippen molar-refractivity contribution in [3.05, 3.63) is 108 Å². The van der Waals surface area contributed by atoms with Crippen LogP contribution in [-0.4, -0.2) is 29.6 Å². The Morgan fingerprint density at radius 2 is 1.26 bits per heavy atom. The average molecular weight is 418 g/mol. The number of hydrogen-bond acceptors (Lipinski definition) is 5. The third kappa shape index (κ3) is 5.55. The van der Waals surface area contributed by atoms with Gasteiger partial charge in [-0.3, -0.25) is 10.1 Å². The highest BCUT2D eigenvalue weighted by molar-refractivity contribution is 5.96. The molecule has 31 heavy (non-hydrogen) atoms. The lowest BCUT2D eigenvalue weighted by molar-refractivity contribution is -0.164. The SMILES string of the molecule is O=C(COC(=O)C(O)(c1ccccc1)c1ccccc1)NC(=O)NCc1ccccc1. The summed E-state index contributed by atoms with van der Waals surface area (Å²) in [4.78, 5) is 36.7. The first kappa shape index (κ1) is 21.7. The highest BCUT2D eigenvalue weighted by Gasteiger charge is 2.41. The van der Waals surface area contributed by atoms with Gasteiger partial charge in [0, 0.05) is 6.54 Å². The largest absolute Gasteiger partial charge is 0.453 e. The molecule has 0 saturated heterocycles. The maximum atomic E-state index is 12.8. The van der Waals surface area contributed by atoms with Crippen LogP contribution in [-0.2, 0) is 26.5 Å². The molecular weight excluding hydrogens is 396 g/mol. The van der Waals surface area contributed by atoms with Gasteiger partial charge in [0.1, 0.15) is 0 Å². The second-order valence-corrected chi connectivity index (χ2v) is 6.74. The lowest BCUT2D eigenvalue weighted by atomic mass is 9.86. The van der Waals surface area contributed by atoms with Gasteiger partial charge in [0.05, 0.1) is 0 Å². The van der Waals surface area contributed by atoms with Gasteiger partial charge in [-0.25, -0.2) is 9.59 Å². The standard InChI is InChI=1S/C24H22N2O5/c27-21(26-23(29)25-16-18-10-4-1-5-11-18)17-31-22(28)24(30,19-12-6-2-7-13-19)20-14-8-3-9-15-20/h1-15,30H,16-17H2,(H2,25,26,27,29). The van der Waals surface area contributed by atoms with E-state index in [2.05, 4.69) is 10.6 Å². The molecule has 0 radical (unpaired) electrons. The molecule has 0 aliphatic carbocycles. The van der Waals surface area contributed by atoms with E-state index < -0.39 is 30.1 Å². The summed E-state index contributed by atoms with van der Waals surface area (Å²) < 4.78 is 5.06. The first-order valence-corrected chi connectivity index (χ1v) is 9.62. The average Bonchev–Trinajstić information content (AvgIpc) is 2.82. The first-order chi connectivity index (χ1) is 15.0. The Labute approximate surface area is 179 Å². The molecule has 3 amide bonds. The van der Waals surface area contributed by atoms with E-state index in [-0.39, 0.29) is 6.54 Å². The number of carbonyl (C=O) groups is 3. The lowest BCUT2D eigenvalue weighted by Crippen LogP contribution is -2.43. The first-order valence-electron chi connectivity index (χ1n) is 9.62. The molecule has 0 heterocycles. The smallest absolute Gasteiger partial charge is 0.348 e. The maximum absolute atomic E-state index is 12.8. The number of ether oxygens (including phenoxy) is 1. The predicted molar refractivity (Wildman–Crippen MR) is 114 cm³/mol. The molecule has 3 N–H and O–H groups in total. The number of imide groups is 1. The summed E-state index contributed by atoms with van der Waals surface area (Å²) in [5.74, 6) is -1.84. The molecule has 0 aromatic heterocycles. The Morgan fingerprint density at radius 1 is 0.774 bits per heavy atom. The molecule has 0 aliphatic heterocycles. The van der Waals surface area contributed by atoms with Crippen molar-refractivity contribution in [2.45, 2.75) is 12.1 Å². The molecule has 0 fully saturated rings. The molecule has 7 heteroatoms. The second kappa shape index (κ2) is 10.2. The summed E-state index contributed by atoms with van der Waals surface area (Å²) in [6, 6.07) is 25.0. The molecule has 0 atom stereocenters. The fourth-order valence-corrected chi connectivity index (χ4v) is 2.98. The fourth-order valence-electron chi connectivity index (χ4n) is 2.98. The van der Waals surface area contributed by atoms with Gasteiger partial charge in [0.25, 0.3) is 5.91 Å². The van der Waals surface area contributed by atoms with Gasteiger partial charge in [-0.2, -0.15) is 0 Å². The minimum absolute atomic E-state index is 0.238. The van der Waals surface area contributed by atoms with Crippen molar-refractivity contribution < 1.29 is 24.2 Å². The number of amides is 3. The van der Waals surface area contributed by atoms with Gasteiger partial charge >= 0.3 is 12.0 Å². The number of esters is 1. The van der Waals surface area contributed by atoms with Crippen LogP contribution < -0.4 is 10.6 Å². The topological polar surface area (TPSA) is 105 Å². The predicted octanol–water partition coefficient (Wildman–Crippen LogP) is 2.49. The van der Waals surface area contributed by atoms with Gasteiger partial charge in [0.15, 0.2) is 6.61 Å². The van der Waals surface area contributed by atoms with E-state index in [1.54, 1.807) is 60.7 Å². The van der Waals surface area contributed by atoms with Gasteiger partial charge < -0.3 is 15.2 Å². The number of rotatable bonds is 7. The summed E-state index contributed by atoms with van der Waals surface area (Å²) in [7, 11) is 0. The Kier molecular flexibility index (Phi) is 7.13. The van der Waals surface area contributed by atoms with Crippen molar-refractivity contribution in [3.63, 3.8) is 0 Å². The normalized spacial score (nSPS) is 10.7. The zero-order valence-electron chi connectivity index (χ0n) is 16.7. The van der Waals surface area contributed by atoms with Gasteiger partial charge in [0.2, 0.25) is 5.60 Å². The molecule has 0 aliphatic rings. The van der Waals surface area contributed by atoms with Crippen molar-refractivity contribution >= 4 is 17.9 Å². The van der Waals surface area contributed by atoms with E-state index in [4.69, 9.17) is 4.74 Å². The van der Waals surface area contributed by atoms with E-state index in [1.165, 1.54) is 0 Å². The van der Waals surface area contributed by atoms with E-state index in [1.807, 2.05) is 30.3 Å². The van der Waals surface area contributed by atoms with Crippen LogP contribution in [0.5, 0.6) is 0 Å². The lowest BCUT2D eigenvalue weighted by Gasteiger charge is -2.26. The minimum Gasteiger partial charge on any atom is -0.453 e. The molecule has 3 aromatic rings. The minimum atomic E-state index is -2.10. The Balaban J connectivity index is 1.60. The molecule has 0 unspecified atom stereocenters. The van der Waals surface area contributed by atoms with Crippen LogP contribution >= 0.6 is 0 Å². The van der Waals surface area contributed by atoms with Crippen molar-refractivity contribution in [2.75, 3.05) is 6.61 Å². The summed E-state index contributed by atoms with van der Waals surface area (Å²) in [5.41, 5.74) is -0.634. The quantitative estimate of drug-likeness (QED) is 0.512. The van der Waals surface area contributed by atoms with Crippen molar-refractivity contribution in [1.29, 1.82) is 0 Å². The van der Waals surface area contributed by atoms with E-state index >= 15 is 0 Å². The van der Waals surface area contributed by atoms with Crippen LogP contribution in [0.1, 0.15) is 16.7 Å². The van der Waals surface area contributed by atoms with Crippen LogP contribution in [0.3, 0.4) is 0 Å². The van der Waals surface area contributed by atoms with Gasteiger partial charge in [-0.05, 0) is 16.7 Å². The molecular formula is C24H22N2O5. The van der Waals surface area contributed by atoms with E-state index in [0.717, 1.165) is 5.56 Å². The number of hydrogen-bond donors (Lipinski definition) is 3. The van der Waals surface area contributed by atoms with Crippen LogP contribution in [0.25, 0.3) is 0 Å². The van der Waals surface area contributed by atoms with Crippen LogP contribution in [0, 0.1) is 0 Å². The maximum Gasteiger partial charge on any atom is 0.348 e. The zero-order valence-corrected chi connectivity index (χ0v) is 16.7. The highest BCUT2D eigenvalue weighted by Crippen LogP contribution is 2.30. The molecule has 3 rings (SSSR count). The number of urea groups is 1. The Hall–Kier alpha value is -3.97. The van der Waals surface area contributed by atoms with E-state index in [9.17, 15) is 19.5 Å². The van der Waals surface area contributed by atoms with Crippen molar-refractivity contribution in [2.24, 2.45) is 0 Å². The van der Waals surface area contributed by atoms with Crippen LogP contribution in [0.2, 0.25) is 0 Å². The van der Waals surface area contributed by atoms with Gasteiger partial charge in [-0.15, -0.1) is 0 Å². The molecule has 0 bridgehead atoms. The van der Waals surface area contributed by atoms with Crippen molar-refractivity contribution in [1.82, 2.24) is 10.6 Å². The highest BCUT2D eigenvalue weighted by atomic mass is 16.6. The van der Waals surface area contributed by atoms with E-state index in [0.29, 0.717) is 11.1 Å². The second-order valence-electron chi connectivity index (χ2n) is 6.74. The third-order valence-corrected chi connectivity index (χ3v) is 4.56. The molecule has 158 valence electrons. The Bertz CT molecular complexity index is 984. The summed E-state index contributed by atoms with van der Waals surface area (Å²) in [6.07, 6.45) is 0. The van der Waals surface area contributed by atoms with Crippen molar-refractivity contribution in [3.8, 4) is 0 Å². The third-order valence-electron chi connectivity index (χ3n) is 4.56. The molecule has 0 spiro atoms. The number of nitrogens with one attached hydrogen (secondary N) is 2. The van der Waals surface area contributed by atoms with Gasteiger partial charge in [-0.1, -0.05) is 91.0 Å². The van der Waals surface area contributed by atoms with Crippen LogP contribution in [0.4, 0.5) is 4.79 Å². The Morgan fingerprint density at radius 3 is 1.77 bits per heavy atom.